The van der Waals surface area contributed by atoms with Gasteiger partial charge in [-0.1, -0.05) is 0 Å². The van der Waals surface area contributed by atoms with Crippen LogP contribution in [-0.2, 0) is 19.8 Å². The van der Waals surface area contributed by atoms with Gasteiger partial charge in [0, 0.05) is 31.5 Å². The molecule has 0 aliphatic heterocycles. The number of fused-ring (bicyclic) bond motifs is 1. The lowest BCUT2D eigenvalue weighted by molar-refractivity contribution is -0.138. The quantitative estimate of drug-likeness (QED) is 0.413. The summed E-state index contributed by atoms with van der Waals surface area (Å²) in [5.41, 5.74) is 0.669. The number of hydrogen-bond donors (Lipinski definition) is 0. The molecule has 7 nitrogen and oxygen atoms in total. The molecule has 164 valence electrons. The van der Waals surface area contributed by atoms with Crippen LogP contribution in [0.5, 0.6) is 5.75 Å². The van der Waals surface area contributed by atoms with Crippen LogP contribution in [0, 0.1) is 18.3 Å². The van der Waals surface area contributed by atoms with Gasteiger partial charge >= 0.3 is 6.18 Å². The Labute approximate surface area is 181 Å². The molecular weight excluding hydrogens is 421 g/mol. The first kappa shape index (κ1) is 21.4. The Balaban J connectivity index is 1.61. The zero-order chi connectivity index (χ0) is 22.9. The largest absolute Gasteiger partial charge is 0.493 e. The molecule has 3 heterocycles. The average Bonchev–Trinajstić information content (AvgIpc) is 3.35. The molecule has 0 saturated heterocycles. The van der Waals surface area contributed by atoms with Crippen LogP contribution in [0.3, 0.4) is 0 Å². The van der Waals surface area contributed by atoms with Gasteiger partial charge in [-0.15, -0.1) is 0 Å². The van der Waals surface area contributed by atoms with Gasteiger partial charge in [0.2, 0.25) is 0 Å². The number of rotatable bonds is 6. The van der Waals surface area contributed by atoms with Gasteiger partial charge in [-0.25, -0.2) is 15.0 Å². The van der Waals surface area contributed by atoms with E-state index >= 15 is 0 Å². The lowest BCUT2D eigenvalue weighted by Gasteiger charge is -2.16. The molecule has 0 N–H and O–H groups in total. The number of alkyl halides is 3. The topological polar surface area (TPSA) is 81.5 Å². The number of pyridine rings is 1. The lowest BCUT2D eigenvalue weighted by atomic mass is 10.1. The number of halogens is 3. The molecule has 0 radical (unpaired) electrons. The van der Waals surface area contributed by atoms with Crippen LogP contribution in [0.25, 0.3) is 22.3 Å². The van der Waals surface area contributed by atoms with Crippen LogP contribution >= 0.6 is 0 Å². The second-order valence-electron chi connectivity index (χ2n) is 7.27. The molecule has 0 aliphatic rings. The fraction of sp³-hybridized carbons (Fsp3) is 0.273. The minimum Gasteiger partial charge on any atom is -0.493 e. The maximum Gasteiger partial charge on any atom is 0.419 e. The van der Waals surface area contributed by atoms with Gasteiger partial charge in [-0.05, 0) is 37.6 Å². The lowest BCUT2D eigenvalue weighted by Crippen LogP contribution is -2.11. The predicted molar refractivity (Wildman–Crippen MR) is 111 cm³/mol. The fourth-order valence-corrected chi connectivity index (χ4v) is 3.45. The van der Waals surface area contributed by atoms with E-state index in [0.29, 0.717) is 24.0 Å². The Kier molecular flexibility index (Phi) is 5.57. The molecule has 1 aromatic carbocycles. The first-order valence-corrected chi connectivity index (χ1v) is 9.82. The van der Waals surface area contributed by atoms with Crippen molar-refractivity contribution in [1.82, 2.24) is 24.1 Å². The monoisotopic (exact) mass is 440 g/mol. The van der Waals surface area contributed by atoms with Gasteiger partial charge in [0.1, 0.15) is 23.2 Å². The van der Waals surface area contributed by atoms with Crippen molar-refractivity contribution in [3.8, 4) is 23.1 Å². The van der Waals surface area contributed by atoms with Crippen molar-refractivity contribution in [1.29, 1.82) is 5.26 Å². The van der Waals surface area contributed by atoms with Crippen LogP contribution in [-0.4, -0.2) is 30.7 Å². The number of ether oxygens (including phenoxy) is 1. The molecule has 0 fully saturated rings. The number of nitriles is 1. The molecule has 0 aliphatic carbocycles. The first-order chi connectivity index (χ1) is 15.3. The van der Waals surface area contributed by atoms with Crippen molar-refractivity contribution in [2.75, 3.05) is 6.61 Å². The normalized spacial score (nSPS) is 11.6. The molecule has 0 saturated carbocycles. The third-order valence-corrected chi connectivity index (χ3v) is 5.12. The second kappa shape index (κ2) is 8.34. The van der Waals surface area contributed by atoms with Crippen molar-refractivity contribution < 1.29 is 17.9 Å². The number of nitrogens with zero attached hydrogens (tertiary/aromatic N) is 6. The van der Waals surface area contributed by atoms with Crippen molar-refractivity contribution in [3.63, 3.8) is 0 Å². The van der Waals surface area contributed by atoms with E-state index in [1.165, 1.54) is 18.5 Å². The highest BCUT2D eigenvalue weighted by Gasteiger charge is 2.35. The number of benzene rings is 1. The molecular formula is C22H19F3N6O. The zero-order valence-corrected chi connectivity index (χ0v) is 17.4. The Morgan fingerprint density at radius 3 is 2.69 bits per heavy atom. The summed E-state index contributed by atoms with van der Waals surface area (Å²) in [4.78, 5) is 12.5. The summed E-state index contributed by atoms with van der Waals surface area (Å²) in [6, 6.07) is 7.38. The SMILES string of the molecule is Cc1nccn1CCCOc1ccc(-c2cc3c(ncn3C)c(C#N)n2)cc1C(F)(F)F. The van der Waals surface area contributed by atoms with Gasteiger partial charge in [0.25, 0.3) is 0 Å². The Hall–Kier alpha value is -3.87. The van der Waals surface area contributed by atoms with Gasteiger partial charge in [-0.2, -0.15) is 18.4 Å². The molecule has 0 unspecified atom stereocenters. The molecule has 0 spiro atoms. The fourth-order valence-electron chi connectivity index (χ4n) is 3.45. The van der Waals surface area contributed by atoms with E-state index in [1.54, 1.807) is 23.9 Å². The van der Waals surface area contributed by atoms with Crippen molar-refractivity contribution in [3.05, 3.63) is 60.1 Å². The van der Waals surface area contributed by atoms with E-state index in [0.717, 1.165) is 11.9 Å². The number of hydrogen-bond acceptors (Lipinski definition) is 5. The van der Waals surface area contributed by atoms with Crippen molar-refractivity contribution in [2.45, 2.75) is 26.1 Å². The maximum absolute atomic E-state index is 13.8. The van der Waals surface area contributed by atoms with Crippen molar-refractivity contribution >= 4 is 11.0 Å². The first-order valence-electron chi connectivity index (χ1n) is 9.82. The van der Waals surface area contributed by atoms with E-state index < -0.39 is 11.7 Å². The van der Waals surface area contributed by atoms with Crippen LogP contribution in [0.15, 0.2) is 43.0 Å². The highest BCUT2D eigenvalue weighted by Crippen LogP contribution is 2.39. The van der Waals surface area contributed by atoms with E-state index in [1.807, 2.05) is 23.8 Å². The summed E-state index contributed by atoms with van der Waals surface area (Å²) in [6.45, 7) is 2.57. The summed E-state index contributed by atoms with van der Waals surface area (Å²) in [6.07, 6.45) is 0.930. The maximum atomic E-state index is 13.8. The Bertz CT molecular complexity index is 1320. The number of aromatic nitrogens is 5. The third-order valence-electron chi connectivity index (χ3n) is 5.12. The summed E-state index contributed by atoms with van der Waals surface area (Å²) in [7, 11) is 1.74. The van der Waals surface area contributed by atoms with Gasteiger partial charge in [0.15, 0.2) is 5.69 Å². The van der Waals surface area contributed by atoms with Crippen LogP contribution in [0.2, 0.25) is 0 Å². The summed E-state index contributed by atoms with van der Waals surface area (Å²) >= 11 is 0. The summed E-state index contributed by atoms with van der Waals surface area (Å²) in [5.74, 6) is 0.589. The molecule has 0 atom stereocenters. The number of aryl methyl sites for hydroxylation is 3. The van der Waals surface area contributed by atoms with E-state index in [-0.39, 0.29) is 29.3 Å². The van der Waals surface area contributed by atoms with Crippen LogP contribution in [0.4, 0.5) is 13.2 Å². The Morgan fingerprint density at radius 1 is 1.19 bits per heavy atom. The van der Waals surface area contributed by atoms with E-state index in [9.17, 15) is 18.4 Å². The standard InChI is InChI=1S/C22H19F3N6O/c1-14-27-6-8-31(14)7-3-9-32-20-5-4-15(10-16(20)22(23,24)25)17-11-19-21(18(12-26)29-17)28-13-30(19)2/h4-6,8,10-11,13H,3,7,9H2,1-2H3. The molecule has 32 heavy (non-hydrogen) atoms. The summed E-state index contributed by atoms with van der Waals surface area (Å²) < 4.78 is 50.4. The van der Waals surface area contributed by atoms with E-state index in [2.05, 4.69) is 15.0 Å². The molecule has 0 amide bonds. The van der Waals surface area contributed by atoms with Crippen molar-refractivity contribution in [2.24, 2.45) is 7.05 Å². The predicted octanol–water partition coefficient (Wildman–Crippen LogP) is 4.50. The molecule has 3 aromatic heterocycles. The highest BCUT2D eigenvalue weighted by atomic mass is 19.4. The Morgan fingerprint density at radius 2 is 2.00 bits per heavy atom. The molecule has 10 heteroatoms. The van der Waals surface area contributed by atoms with Gasteiger partial charge in [-0.3, -0.25) is 0 Å². The van der Waals surface area contributed by atoms with E-state index in [4.69, 9.17) is 4.74 Å². The highest BCUT2D eigenvalue weighted by molar-refractivity contribution is 5.84. The smallest absolute Gasteiger partial charge is 0.419 e. The van der Waals surface area contributed by atoms with Crippen LogP contribution < -0.4 is 4.74 Å². The third kappa shape index (κ3) is 4.14. The minimum absolute atomic E-state index is 0.0572. The second-order valence-corrected chi connectivity index (χ2v) is 7.27. The number of imidazole rings is 2. The summed E-state index contributed by atoms with van der Waals surface area (Å²) in [5, 5.41) is 9.38. The molecule has 0 bridgehead atoms. The zero-order valence-electron chi connectivity index (χ0n) is 17.4. The minimum atomic E-state index is -4.61. The van der Waals surface area contributed by atoms with Gasteiger partial charge < -0.3 is 13.9 Å². The molecule has 4 rings (SSSR count). The molecule has 4 aromatic rings. The van der Waals surface area contributed by atoms with Gasteiger partial charge in [0.05, 0.1) is 29.7 Å². The average molecular weight is 440 g/mol. The van der Waals surface area contributed by atoms with Crippen LogP contribution in [0.1, 0.15) is 23.5 Å².